The molecule has 0 bridgehead atoms. The first-order chi connectivity index (χ1) is 9.11. The van der Waals surface area contributed by atoms with Crippen molar-refractivity contribution in [1.29, 1.82) is 0 Å². The number of halogens is 1. The lowest BCUT2D eigenvalue weighted by Gasteiger charge is -2.07. The highest BCUT2D eigenvalue weighted by Gasteiger charge is 2.13. The lowest BCUT2D eigenvalue weighted by molar-refractivity contribution is 0.0600. The van der Waals surface area contributed by atoms with Crippen LogP contribution >= 0.6 is 11.6 Å². The summed E-state index contributed by atoms with van der Waals surface area (Å²) in [6.07, 6.45) is 2.47. The molecule has 0 aliphatic carbocycles. The summed E-state index contributed by atoms with van der Waals surface area (Å²) in [5.41, 5.74) is 0.836. The largest absolute Gasteiger partial charge is 0.465 e. The number of carbonyl (C=O) groups is 2. The second kappa shape index (κ2) is 5.53. The Kier molecular flexibility index (Phi) is 3.82. The molecule has 1 amide bonds. The van der Waals surface area contributed by atoms with Crippen molar-refractivity contribution in [1.82, 2.24) is 5.16 Å². The highest BCUT2D eigenvalue weighted by Crippen LogP contribution is 2.24. The summed E-state index contributed by atoms with van der Waals surface area (Å²) >= 11 is 5.94. The monoisotopic (exact) mass is 280 g/mol. The molecule has 2 aromatic rings. The van der Waals surface area contributed by atoms with Gasteiger partial charge in [0.2, 0.25) is 0 Å². The van der Waals surface area contributed by atoms with Crippen molar-refractivity contribution in [3.63, 3.8) is 0 Å². The molecule has 0 fully saturated rings. The van der Waals surface area contributed by atoms with E-state index in [4.69, 9.17) is 11.6 Å². The van der Waals surface area contributed by atoms with Crippen LogP contribution in [0.25, 0.3) is 0 Å². The van der Waals surface area contributed by atoms with E-state index < -0.39 is 11.9 Å². The number of carbonyl (C=O) groups excluding carboxylic acids is 2. The summed E-state index contributed by atoms with van der Waals surface area (Å²) in [5, 5.41) is 6.28. The fraction of sp³-hybridized carbons (Fsp3) is 0.0833. The molecule has 0 radical (unpaired) electrons. The smallest absolute Gasteiger partial charge is 0.337 e. The van der Waals surface area contributed by atoms with Gasteiger partial charge in [0, 0.05) is 0 Å². The molecule has 0 saturated carbocycles. The molecule has 7 heteroatoms. The number of benzene rings is 1. The molecule has 1 aromatic carbocycles. The van der Waals surface area contributed by atoms with Gasteiger partial charge in [-0.3, -0.25) is 4.79 Å². The molecule has 1 N–H and O–H groups in total. The van der Waals surface area contributed by atoms with Crippen LogP contribution in [0.5, 0.6) is 0 Å². The first-order valence-electron chi connectivity index (χ1n) is 5.20. The third-order valence-electron chi connectivity index (χ3n) is 2.33. The van der Waals surface area contributed by atoms with Gasteiger partial charge in [0.15, 0.2) is 0 Å². The fourth-order valence-corrected chi connectivity index (χ4v) is 1.54. The minimum Gasteiger partial charge on any atom is -0.465 e. The lowest BCUT2D eigenvalue weighted by atomic mass is 10.2. The van der Waals surface area contributed by atoms with Gasteiger partial charge in [-0.05, 0) is 18.2 Å². The SMILES string of the molecule is COC(=O)c1ccc(Cl)c(NC(=O)c2cnoc2)c1. The molecule has 0 atom stereocenters. The predicted octanol–water partition coefficient (Wildman–Crippen LogP) is 2.37. The second-order valence-electron chi connectivity index (χ2n) is 3.55. The number of esters is 1. The van der Waals surface area contributed by atoms with Crippen molar-refractivity contribution in [3.05, 3.63) is 46.8 Å². The summed E-state index contributed by atoms with van der Waals surface area (Å²) < 4.78 is 9.15. The van der Waals surface area contributed by atoms with Gasteiger partial charge in [-0.15, -0.1) is 0 Å². The van der Waals surface area contributed by atoms with Crippen LogP contribution in [0.3, 0.4) is 0 Å². The van der Waals surface area contributed by atoms with Crippen molar-refractivity contribution >= 4 is 29.2 Å². The molecule has 6 nitrogen and oxygen atoms in total. The number of amides is 1. The lowest BCUT2D eigenvalue weighted by Crippen LogP contribution is -2.12. The minimum absolute atomic E-state index is 0.250. The van der Waals surface area contributed by atoms with Gasteiger partial charge < -0.3 is 14.6 Å². The van der Waals surface area contributed by atoms with Gasteiger partial charge in [0.05, 0.1) is 35.1 Å². The fourth-order valence-electron chi connectivity index (χ4n) is 1.38. The van der Waals surface area contributed by atoms with E-state index in [0.29, 0.717) is 10.7 Å². The molecule has 0 unspecified atom stereocenters. The van der Waals surface area contributed by atoms with Gasteiger partial charge in [-0.2, -0.15) is 0 Å². The number of anilines is 1. The Labute approximate surface area is 113 Å². The van der Waals surface area contributed by atoms with E-state index in [1.54, 1.807) is 0 Å². The van der Waals surface area contributed by atoms with Gasteiger partial charge in [-0.1, -0.05) is 16.8 Å². The molecular weight excluding hydrogens is 272 g/mol. The molecular formula is C12H9ClN2O4. The van der Waals surface area contributed by atoms with E-state index in [1.807, 2.05) is 0 Å². The number of rotatable bonds is 3. The summed E-state index contributed by atoms with van der Waals surface area (Å²) in [7, 11) is 1.27. The zero-order valence-corrected chi connectivity index (χ0v) is 10.6. The maximum Gasteiger partial charge on any atom is 0.337 e. The normalized spacial score (nSPS) is 10.0. The predicted molar refractivity (Wildman–Crippen MR) is 67.2 cm³/mol. The van der Waals surface area contributed by atoms with Crippen LogP contribution < -0.4 is 5.32 Å². The van der Waals surface area contributed by atoms with E-state index in [1.165, 1.54) is 37.8 Å². The van der Waals surface area contributed by atoms with Gasteiger partial charge >= 0.3 is 5.97 Å². The molecule has 0 spiro atoms. The topological polar surface area (TPSA) is 81.4 Å². The number of ether oxygens (including phenoxy) is 1. The summed E-state index contributed by atoms with van der Waals surface area (Å²) in [4.78, 5) is 23.2. The third-order valence-corrected chi connectivity index (χ3v) is 2.66. The molecule has 1 heterocycles. The van der Waals surface area contributed by atoms with E-state index >= 15 is 0 Å². The number of nitrogens with zero attached hydrogens (tertiary/aromatic N) is 1. The number of methoxy groups -OCH3 is 1. The Morgan fingerprint density at radius 2 is 2.16 bits per heavy atom. The van der Waals surface area contributed by atoms with Crippen LogP contribution in [0.1, 0.15) is 20.7 Å². The summed E-state index contributed by atoms with van der Waals surface area (Å²) in [5.74, 6) is -0.956. The van der Waals surface area contributed by atoms with Gasteiger partial charge in [-0.25, -0.2) is 4.79 Å². The van der Waals surface area contributed by atoms with Crippen LogP contribution in [-0.4, -0.2) is 24.1 Å². The van der Waals surface area contributed by atoms with Gasteiger partial charge in [0.25, 0.3) is 5.91 Å². The van der Waals surface area contributed by atoms with Crippen LogP contribution in [0.2, 0.25) is 5.02 Å². The highest BCUT2D eigenvalue weighted by molar-refractivity contribution is 6.34. The number of hydrogen-bond donors (Lipinski definition) is 1. The zero-order valence-electron chi connectivity index (χ0n) is 9.84. The molecule has 0 aliphatic heterocycles. The van der Waals surface area contributed by atoms with Crippen molar-refractivity contribution in [2.45, 2.75) is 0 Å². The third kappa shape index (κ3) is 2.92. The van der Waals surface area contributed by atoms with Gasteiger partial charge in [0.1, 0.15) is 6.26 Å². The van der Waals surface area contributed by atoms with Crippen LogP contribution in [-0.2, 0) is 4.74 Å². The van der Waals surface area contributed by atoms with Crippen molar-refractivity contribution in [2.75, 3.05) is 12.4 Å². The molecule has 19 heavy (non-hydrogen) atoms. The Hall–Kier alpha value is -2.34. The quantitative estimate of drug-likeness (QED) is 0.873. The van der Waals surface area contributed by atoms with E-state index in [2.05, 4.69) is 19.7 Å². The Morgan fingerprint density at radius 3 is 2.79 bits per heavy atom. The summed E-state index contributed by atoms with van der Waals surface area (Å²) in [6, 6.07) is 4.43. The number of nitrogens with one attached hydrogen (secondary N) is 1. The van der Waals surface area contributed by atoms with E-state index in [0.717, 1.165) is 0 Å². The first kappa shape index (κ1) is 13.1. The van der Waals surface area contributed by atoms with Crippen molar-refractivity contribution in [3.8, 4) is 0 Å². The average molecular weight is 281 g/mol. The standard InChI is InChI=1S/C12H9ClN2O4/c1-18-12(17)7-2-3-9(13)10(4-7)15-11(16)8-5-14-19-6-8/h2-6H,1H3,(H,15,16). The average Bonchev–Trinajstić information content (AvgIpc) is 2.94. The summed E-state index contributed by atoms with van der Waals surface area (Å²) in [6.45, 7) is 0. The van der Waals surface area contributed by atoms with Crippen LogP contribution in [0.15, 0.2) is 35.2 Å². The Morgan fingerprint density at radius 1 is 1.37 bits per heavy atom. The van der Waals surface area contributed by atoms with E-state index in [9.17, 15) is 9.59 Å². The van der Waals surface area contributed by atoms with Crippen molar-refractivity contribution in [2.24, 2.45) is 0 Å². The highest BCUT2D eigenvalue weighted by atomic mass is 35.5. The maximum atomic E-state index is 11.8. The Bertz CT molecular complexity index is 610. The zero-order chi connectivity index (χ0) is 13.8. The molecule has 2 rings (SSSR count). The first-order valence-corrected chi connectivity index (χ1v) is 5.58. The van der Waals surface area contributed by atoms with Crippen LogP contribution in [0.4, 0.5) is 5.69 Å². The maximum absolute atomic E-state index is 11.8. The second-order valence-corrected chi connectivity index (χ2v) is 3.96. The molecule has 0 saturated heterocycles. The number of aromatic nitrogens is 1. The molecule has 1 aromatic heterocycles. The molecule has 0 aliphatic rings. The Balaban J connectivity index is 2.24. The minimum atomic E-state index is -0.517. The van der Waals surface area contributed by atoms with E-state index in [-0.39, 0.29) is 11.1 Å². The van der Waals surface area contributed by atoms with Crippen LogP contribution in [0, 0.1) is 0 Å². The van der Waals surface area contributed by atoms with Crippen molar-refractivity contribution < 1.29 is 18.8 Å². The molecule has 98 valence electrons. The number of hydrogen-bond acceptors (Lipinski definition) is 5.